The van der Waals surface area contributed by atoms with Crippen LogP contribution >= 0.6 is 0 Å². The molecule has 0 unspecified atom stereocenters. The molecule has 6 heteroatoms. The summed E-state index contributed by atoms with van der Waals surface area (Å²) in [5.41, 5.74) is 2.23. The maximum Gasteiger partial charge on any atom is 0.261 e. The predicted octanol–water partition coefficient (Wildman–Crippen LogP) is 0.562. The Morgan fingerprint density at radius 2 is 2.05 bits per heavy atom. The molecule has 0 saturated carbocycles. The van der Waals surface area contributed by atoms with E-state index < -0.39 is 0 Å². The summed E-state index contributed by atoms with van der Waals surface area (Å²) in [5, 5.41) is 6.06. The summed E-state index contributed by atoms with van der Waals surface area (Å²) < 4.78 is 0. The molecule has 0 aliphatic carbocycles. The molecule has 1 aromatic carbocycles. The third-order valence-electron chi connectivity index (χ3n) is 3.99. The average Bonchev–Trinajstić information content (AvgIpc) is 2.78. The summed E-state index contributed by atoms with van der Waals surface area (Å²) in [6, 6.07) is 4.61. The molecule has 0 saturated heterocycles. The number of carbonyl (C=O) groups is 3. The molecular weight excluding hydrogens is 282 g/mol. The molecule has 0 aromatic heterocycles. The summed E-state index contributed by atoms with van der Waals surface area (Å²) in [4.78, 5) is 37.0. The second-order valence-electron chi connectivity index (χ2n) is 5.43. The van der Waals surface area contributed by atoms with Crippen molar-refractivity contribution in [3.05, 3.63) is 46.5 Å². The van der Waals surface area contributed by atoms with Crippen molar-refractivity contribution in [2.24, 2.45) is 0 Å². The van der Waals surface area contributed by atoms with Crippen LogP contribution in [0.3, 0.4) is 0 Å². The quantitative estimate of drug-likeness (QED) is 0.631. The molecule has 6 nitrogen and oxygen atoms in total. The normalized spacial score (nSPS) is 17.3. The Bertz CT molecular complexity index is 694. The number of fused-ring (bicyclic) bond motifs is 1. The van der Waals surface area contributed by atoms with E-state index in [0.717, 1.165) is 24.4 Å². The van der Waals surface area contributed by atoms with Gasteiger partial charge in [-0.15, -0.1) is 0 Å². The Kier molecular flexibility index (Phi) is 3.77. The highest BCUT2D eigenvalue weighted by atomic mass is 16.2. The number of carbonyl (C=O) groups excluding carboxylic acids is 3. The molecule has 3 amide bonds. The van der Waals surface area contributed by atoms with Crippen molar-refractivity contribution in [3.8, 4) is 0 Å². The molecule has 2 N–H and O–H groups in total. The lowest BCUT2D eigenvalue weighted by atomic mass is 10.0. The molecule has 2 aliphatic rings. The van der Waals surface area contributed by atoms with Crippen LogP contribution in [0.1, 0.15) is 37.5 Å². The van der Waals surface area contributed by atoms with E-state index in [0.29, 0.717) is 23.2 Å². The van der Waals surface area contributed by atoms with Crippen molar-refractivity contribution in [3.63, 3.8) is 0 Å². The Hall–Kier alpha value is -2.47. The molecule has 0 radical (unpaired) electrons. The second kappa shape index (κ2) is 5.73. The minimum atomic E-state index is -0.365. The van der Waals surface area contributed by atoms with E-state index in [-0.39, 0.29) is 17.7 Å². The first-order valence-electron chi connectivity index (χ1n) is 7.21. The molecule has 0 spiro atoms. The third-order valence-corrected chi connectivity index (χ3v) is 3.99. The van der Waals surface area contributed by atoms with Gasteiger partial charge < -0.3 is 10.6 Å². The van der Waals surface area contributed by atoms with Gasteiger partial charge >= 0.3 is 0 Å². The van der Waals surface area contributed by atoms with Gasteiger partial charge in [-0.05, 0) is 31.2 Å². The Balaban J connectivity index is 1.73. The fraction of sp³-hybridized carbons (Fsp3) is 0.312. The Labute approximate surface area is 128 Å². The van der Waals surface area contributed by atoms with Crippen LogP contribution < -0.4 is 10.6 Å². The Morgan fingerprint density at radius 1 is 1.27 bits per heavy atom. The maximum atomic E-state index is 12.2. The van der Waals surface area contributed by atoms with Gasteiger partial charge in [-0.2, -0.15) is 0 Å². The second-order valence-corrected chi connectivity index (χ2v) is 5.43. The summed E-state index contributed by atoms with van der Waals surface area (Å²) in [6.45, 7) is 2.25. The highest BCUT2D eigenvalue weighted by molar-refractivity contribution is 6.21. The number of hydrogen-bond acceptors (Lipinski definition) is 4. The number of rotatable bonds is 3. The molecule has 0 fully saturated rings. The van der Waals surface area contributed by atoms with Crippen LogP contribution in [0.4, 0.5) is 0 Å². The number of benzene rings is 1. The van der Waals surface area contributed by atoms with E-state index in [1.54, 1.807) is 6.07 Å². The number of nitrogens with zero attached hydrogens (tertiary/aromatic N) is 1. The SMILES string of the molecule is CN1C(=O)c2ccc(C(=O)NCC3=CCNCC3)cc2C1=O. The zero-order valence-corrected chi connectivity index (χ0v) is 12.3. The molecule has 0 atom stereocenters. The lowest BCUT2D eigenvalue weighted by Crippen LogP contribution is -2.29. The van der Waals surface area contributed by atoms with E-state index in [9.17, 15) is 14.4 Å². The van der Waals surface area contributed by atoms with E-state index in [2.05, 4.69) is 16.7 Å². The first kappa shape index (κ1) is 14.5. The van der Waals surface area contributed by atoms with Crippen molar-refractivity contribution in [1.82, 2.24) is 15.5 Å². The van der Waals surface area contributed by atoms with Gasteiger partial charge in [0.15, 0.2) is 0 Å². The van der Waals surface area contributed by atoms with Crippen LogP contribution in [0.15, 0.2) is 29.8 Å². The molecule has 2 heterocycles. The molecule has 3 rings (SSSR count). The minimum absolute atomic E-state index is 0.239. The standard InChI is InChI=1S/C16H17N3O3/c1-19-15(21)12-3-2-11(8-13(12)16(19)22)14(20)18-9-10-4-6-17-7-5-10/h2-4,8,17H,5-7,9H2,1H3,(H,18,20). The number of hydrogen-bond donors (Lipinski definition) is 2. The number of amides is 3. The van der Waals surface area contributed by atoms with Crippen molar-refractivity contribution in [2.75, 3.05) is 26.7 Å². The lowest BCUT2D eigenvalue weighted by Gasteiger charge is -2.14. The smallest absolute Gasteiger partial charge is 0.261 e. The third kappa shape index (κ3) is 2.53. The summed E-state index contributed by atoms with van der Waals surface area (Å²) in [7, 11) is 1.44. The zero-order chi connectivity index (χ0) is 15.7. The van der Waals surface area contributed by atoms with Crippen molar-refractivity contribution in [1.29, 1.82) is 0 Å². The van der Waals surface area contributed by atoms with Crippen molar-refractivity contribution < 1.29 is 14.4 Å². The van der Waals surface area contributed by atoms with Crippen LogP contribution in [0.5, 0.6) is 0 Å². The highest BCUT2D eigenvalue weighted by Gasteiger charge is 2.33. The van der Waals surface area contributed by atoms with Gasteiger partial charge in [0.2, 0.25) is 0 Å². The topological polar surface area (TPSA) is 78.5 Å². The van der Waals surface area contributed by atoms with E-state index >= 15 is 0 Å². The highest BCUT2D eigenvalue weighted by Crippen LogP contribution is 2.22. The van der Waals surface area contributed by atoms with Gasteiger partial charge in [-0.25, -0.2) is 0 Å². The van der Waals surface area contributed by atoms with Crippen LogP contribution in [0.2, 0.25) is 0 Å². The summed E-state index contributed by atoms with van der Waals surface area (Å²) >= 11 is 0. The largest absolute Gasteiger partial charge is 0.348 e. The lowest BCUT2D eigenvalue weighted by molar-refractivity contribution is 0.0693. The molecular formula is C16H17N3O3. The van der Waals surface area contributed by atoms with Gasteiger partial charge in [0.05, 0.1) is 11.1 Å². The molecule has 22 heavy (non-hydrogen) atoms. The maximum absolute atomic E-state index is 12.2. The van der Waals surface area contributed by atoms with E-state index in [1.165, 1.54) is 24.8 Å². The molecule has 1 aromatic rings. The minimum Gasteiger partial charge on any atom is -0.348 e. The van der Waals surface area contributed by atoms with E-state index in [1.807, 2.05) is 0 Å². The van der Waals surface area contributed by atoms with Crippen molar-refractivity contribution >= 4 is 17.7 Å². The van der Waals surface area contributed by atoms with Gasteiger partial charge in [0.1, 0.15) is 0 Å². The van der Waals surface area contributed by atoms with Gasteiger partial charge in [-0.1, -0.05) is 11.6 Å². The van der Waals surface area contributed by atoms with Crippen LogP contribution in [-0.2, 0) is 0 Å². The average molecular weight is 299 g/mol. The van der Waals surface area contributed by atoms with Crippen LogP contribution in [0, 0.1) is 0 Å². The Morgan fingerprint density at radius 3 is 2.77 bits per heavy atom. The fourth-order valence-electron chi connectivity index (χ4n) is 2.63. The first-order valence-corrected chi connectivity index (χ1v) is 7.21. The zero-order valence-electron chi connectivity index (χ0n) is 12.3. The number of nitrogens with one attached hydrogen (secondary N) is 2. The van der Waals surface area contributed by atoms with Crippen molar-refractivity contribution in [2.45, 2.75) is 6.42 Å². The summed E-state index contributed by atoms with van der Waals surface area (Å²) in [5.74, 6) is -0.931. The van der Waals surface area contributed by atoms with Gasteiger partial charge in [0.25, 0.3) is 17.7 Å². The predicted molar refractivity (Wildman–Crippen MR) is 80.8 cm³/mol. The summed E-state index contributed by atoms with van der Waals surface area (Å²) in [6.07, 6.45) is 2.99. The molecule has 0 bridgehead atoms. The number of imide groups is 1. The molecule has 114 valence electrons. The monoisotopic (exact) mass is 299 g/mol. The van der Waals surface area contributed by atoms with E-state index in [4.69, 9.17) is 0 Å². The first-order chi connectivity index (χ1) is 10.6. The van der Waals surface area contributed by atoms with Gasteiger partial charge in [0, 0.05) is 25.7 Å². The van der Waals surface area contributed by atoms with Crippen LogP contribution in [0.25, 0.3) is 0 Å². The molecule has 2 aliphatic heterocycles. The fourth-order valence-corrected chi connectivity index (χ4v) is 2.63. The van der Waals surface area contributed by atoms with Gasteiger partial charge in [-0.3, -0.25) is 19.3 Å². The van der Waals surface area contributed by atoms with Crippen LogP contribution in [-0.4, -0.2) is 49.3 Å².